The normalized spacial score (nSPS) is 12.4. The van der Waals surface area contributed by atoms with Crippen LogP contribution in [-0.2, 0) is 10.8 Å². The Morgan fingerprint density at radius 3 is 1.24 bits per heavy atom. The number of aromatic amines is 1. The van der Waals surface area contributed by atoms with Gasteiger partial charge in [0.25, 0.3) is 0 Å². The molecule has 0 saturated heterocycles. The molecule has 1 aromatic heterocycles. The highest BCUT2D eigenvalue weighted by molar-refractivity contribution is 9.11. The highest BCUT2D eigenvalue weighted by atomic mass is 79.9. The van der Waals surface area contributed by atoms with Crippen LogP contribution in [0.2, 0.25) is 0 Å². The van der Waals surface area contributed by atoms with Crippen LogP contribution in [0.25, 0.3) is 21.8 Å². The fraction of sp³-hybridized carbons (Fsp3) is 0.455. The van der Waals surface area contributed by atoms with Gasteiger partial charge in [0.05, 0.1) is 11.0 Å². The summed E-state index contributed by atoms with van der Waals surface area (Å²) in [5, 5.41) is 2.57. The molecule has 0 fully saturated rings. The average Bonchev–Trinajstić information content (AvgIpc) is 2.88. The number of halogens is 2. The third kappa shape index (κ3) is 3.98. The van der Waals surface area contributed by atoms with Crippen LogP contribution in [0.1, 0.15) is 66.5 Å². The number of hydrogen-bond acceptors (Lipinski definition) is 0. The van der Waals surface area contributed by atoms with E-state index in [0.29, 0.717) is 0 Å². The van der Waals surface area contributed by atoms with Crippen LogP contribution in [0.3, 0.4) is 0 Å². The van der Waals surface area contributed by atoms with Crippen LogP contribution < -0.4 is 0 Å². The Bertz CT molecular complexity index is 832. The molecule has 0 aliphatic carbocycles. The quantitative estimate of drug-likeness (QED) is 0.341. The minimum absolute atomic E-state index is 0.124. The van der Waals surface area contributed by atoms with Crippen molar-refractivity contribution in [1.29, 1.82) is 0 Å². The number of aromatic nitrogens is 1. The molecule has 25 heavy (non-hydrogen) atoms. The lowest BCUT2D eigenvalue weighted by Crippen LogP contribution is -2.11. The van der Waals surface area contributed by atoms with Crippen molar-refractivity contribution in [3.63, 3.8) is 0 Å². The van der Waals surface area contributed by atoms with Crippen LogP contribution in [0.4, 0.5) is 0 Å². The monoisotopic (exact) mass is 465 g/mol. The van der Waals surface area contributed by atoms with Gasteiger partial charge < -0.3 is 4.98 Å². The highest BCUT2D eigenvalue weighted by Gasteiger charge is 2.20. The van der Waals surface area contributed by atoms with Crippen LogP contribution in [-0.4, -0.2) is 4.98 Å². The minimum atomic E-state index is 0.124. The van der Waals surface area contributed by atoms with Gasteiger partial charge in [0.1, 0.15) is 0 Å². The maximum atomic E-state index is 3.75. The molecule has 1 heterocycles. The number of rotatable bonds is 0. The standard InChI is InChI=1S/C20H23Br2N.C2H6/c1-19(2,3)11-7-13-14-8-12(20(4,5)6)10-16(22)18(14)23-17(13)15(21)9-11;1-2/h7-10,23H,1-6H3;1-2H3. The van der Waals surface area contributed by atoms with Gasteiger partial charge in [-0.1, -0.05) is 55.4 Å². The van der Waals surface area contributed by atoms with E-state index in [9.17, 15) is 0 Å². The molecule has 0 aliphatic rings. The first-order valence-electron chi connectivity index (χ1n) is 8.94. The molecule has 0 aliphatic heterocycles. The lowest BCUT2D eigenvalue weighted by atomic mass is 9.85. The molecular weight excluding hydrogens is 438 g/mol. The Kier molecular flexibility index (Phi) is 5.80. The average molecular weight is 467 g/mol. The molecule has 0 atom stereocenters. The molecule has 0 saturated carbocycles. The van der Waals surface area contributed by atoms with Crippen LogP contribution in [0.15, 0.2) is 33.2 Å². The van der Waals surface area contributed by atoms with E-state index < -0.39 is 0 Å². The number of nitrogens with one attached hydrogen (secondary N) is 1. The van der Waals surface area contributed by atoms with E-state index in [0.717, 1.165) is 8.95 Å². The summed E-state index contributed by atoms with van der Waals surface area (Å²) < 4.78 is 2.25. The molecule has 0 amide bonds. The Morgan fingerprint density at radius 1 is 0.640 bits per heavy atom. The van der Waals surface area contributed by atoms with Crippen molar-refractivity contribution < 1.29 is 0 Å². The van der Waals surface area contributed by atoms with Crippen molar-refractivity contribution in [2.24, 2.45) is 0 Å². The molecule has 0 bridgehead atoms. The first-order valence-corrected chi connectivity index (χ1v) is 10.5. The lowest BCUT2D eigenvalue weighted by molar-refractivity contribution is 0.590. The van der Waals surface area contributed by atoms with E-state index in [1.54, 1.807) is 0 Å². The molecule has 136 valence electrons. The summed E-state index contributed by atoms with van der Waals surface area (Å²) in [7, 11) is 0. The predicted octanol–water partition coefficient (Wildman–Crippen LogP) is 8.47. The second-order valence-electron chi connectivity index (χ2n) is 8.39. The zero-order valence-electron chi connectivity index (χ0n) is 16.6. The third-order valence-corrected chi connectivity index (χ3v) is 5.70. The summed E-state index contributed by atoms with van der Waals surface area (Å²) in [6.07, 6.45) is 0. The lowest BCUT2D eigenvalue weighted by Gasteiger charge is -2.20. The van der Waals surface area contributed by atoms with Crippen molar-refractivity contribution in [1.82, 2.24) is 4.98 Å². The van der Waals surface area contributed by atoms with Gasteiger partial charge in [-0.05, 0) is 78.1 Å². The molecule has 0 spiro atoms. The van der Waals surface area contributed by atoms with E-state index >= 15 is 0 Å². The summed E-state index contributed by atoms with van der Waals surface area (Å²) in [4.78, 5) is 3.58. The van der Waals surface area contributed by atoms with Gasteiger partial charge in [0, 0.05) is 19.7 Å². The third-order valence-electron chi connectivity index (χ3n) is 4.45. The van der Waals surface area contributed by atoms with E-state index in [1.807, 2.05) is 13.8 Å². The van der Waals surface area contributed by atoms with Crippen molar-refractivity contribution in [3.8, 4) is 0 Å². The fourth-order valence-electron chi connectivity index (χ4n) is 2.88. The van der Waals surface area contributed by atoms with E-state index in [4.69, 9.17) is 0 Å². The molecular formula is C22H29Br2N. The number of H-pyrrole nitrogens is 1. The van der Waals surface area contributed by atoms with Crippen LogP contribution in [0, 0.1) is 0 Å². The van der Waals surface area contributed by atoms with Gasteiger partial charge in [-0.25, -0.2) is 0 Å². The Labute approximate surface area is 168 Å². The summed E-state index contributed by atoms with van der Waals surface area (Å²) >= 11 is 7.51. The Hall–Kier alpha value is -0.800. The van der Waals surface area contributed by atoms with Crippen molar-refractivity contribution >= 4 is 53.7 Å². The summed E-state index contributed by atoms with van der Waals surface area (Å²) in [5.74, 6) is 0. The zero-order chi connectivity index (χ0) is 19.2. The maximum Gasteiger partial charge on any atom is 0.0609 e. The van der Waals surface area contributed by atoms with E-state index in [1.165, 1.54) is 32.9 Å². The Morgan fingerprint density at radius 2 is 0.960 bits per heavy atom. The predicted molar refractivity (Wildman–Crippen MR) is 120 cm³/mol. The van der Waals surface area contributed by atoms with Crippen molar-refractivity contribution in [3.05, 3.63) is 44.3 Å². The molecule has 3 heteroatoms. The number of fused-ring (bicyclic) bond motifs is 3. The van der Waals surface area contributed by atoms with Gasteiger partial charge in [-0.2, -0.15) is 0 Å². The smallest absolute Gasteiger partial charge is 0.0609 e. The fourth-order valence-corrected chi connectivity index (χ4v) is 4.00. The molecule has 3 aromatic rings. The molecule has 0 unspecified atom stereocenters. The second-order valence-corrected chi connectivity index (χ2v) is 10.1. The van der Waals surface area contributed by atoms with Gasteiger partial charge in [0.2, 0.25) is 0 Å². The topological polar surface area (TPSA) is 15.8 Å². The highest BCUT2D eigenvalue weighted by Crippen LogP contribution is 2.39. The van der Waals surface area contributed by atoms with E-state index in [2.05, 4.69) is 103 Å². The Balaban J connectivity index is 0.00000109. The number of benzene rings is 2. The molecule has 0 radical (unpaired) electrons. The first kappa shape index (κ1) is 20.5. The minimum Gasteiger partial charge on any atom is -0.353 e. The molecule has 1 nitrogen and oxygen atoms in total. The van der Waals surface area contributed by atoms with Crippen LogP contribution in [0.5, 0.6) is 0 Å². The van der Waals surface area contributed by atoms with Gasteiger partial charge >= 0.3 is 0 Å². The summed E-state index contributed by atoms with van der Waals surface area (Å²) in [5.41, 5.74) is 5.27. The van der Waals surface area contributed by atoms with Crippen molar-refractivity contribution in [2.45, 2.75) is 66.2 Å². The second kappa shape index (κ2) is 7.08. The molecule has 1 N–H and O–H groups in total. The van der Waals surface area contributed by atoms with Crippen molar-refractivity contribution in [2.75, 3.05) is 0 Å². The summed E-state index contributed by atoms with van der Waals surface area (Å²) in [6, 6.07) is 9.13. The van der Waals surface area contributed by atoms with Gasteiger partial charge in [-0.3, -0.25) is 0 Å². The zero-order valence-corrected chi connectivity index (χ0v) is 19.7. The van der Waals surface area contributed by atoms with Crippen LogP contribution >= 0.6 is 31.9 Å². The molecule has 2 aromatic carbocycles. The van der Waals surface area contributed by atoms with E-state index in [-0.39, 0.29) is 10.8 Å². The maximum absolute atomic E-state index is 3.75. The summed E-state index contributed by atoms with van der Waals surface area (Å²) in [6.45, 7) is 17.5. The first-order chi connectivity index (χ1) is 11.5. The van der Waals surface area contributed by atoms with Gasteiger partial charge in [0.15, 0.2) is 0 Å². The van der Waals surface area contributed by atoms with Gasteiger partial charge in [-0.15, -0.1) is 0 Å². The largest absolute Gasteiger partial charge is 0.353 e. The SMILES string of the molecule is CC.CC(C)(C)c1cc(Br)c2[nH]c3c(Br)cc(C(C)(C)C)cc3c2c1. The molecule has 3 rings (SSSR count). The number of hydrogen-bond donors (Lipinski definition) is 1.